The zero-order chi connectivity index (χ0) is 8.97. The molecule has 0 amide bonds. The molecule has 0 radical (unpaired) electrons. The Labute approximate surface area is 74.3 Å². The first-order chi connectivity index (χ1) is 5.88. The predicted molar refractivity (Wildman–Crippen MR) is 52.1 cm³/mol. The zero-order valence-electron chi connectivity index (χ0n) is 7.91. The standard InChI is InChI=1S/C8H10N2.C2H6/c1-7-3-2-5-10-6-4-9-8(7)10;1-2/h2-6,8-9H,1H3;1-2H3. The highest BCUT2D eigenvalue weighted by atomic mass is 15.3. The molecule has 0 aliphatic carbocycles. The van der Waals surface area contributed by atoms with Crippen LogP contribution >= 0.6 is 0 Å². The lowest BCUT2D eigenvalue weighted by molar-refractivity contribution is 0.407. The van der Waals surface area contributed by atoms with Crippen molar-refractivity contribution in [3.8, 4) is 0 Å². The summed E-state index contributed by atoms with van der Waals surface area (Å²) in [4.78, 5) is 2.15. The van der Waals surface area contributed by atoms with Gasteiger partial charge in [-0.2, -0.15) is 0 Å². The first-order valence-corrected chi connectivity index (χ1v) is 4.43. The van der Waals surface area contributed by atoms with Gasteiger partial charge in [0.25, 0.3) is 0 Å². The van der Waals surface area contributed by atoms with Crippen molar-refractivity contribution in [3.05, 3.63) is 36.3 Å². The molecule has 1 N–H and O–H groups in total. The smallest absolute Gasteiger partial charge is 0.125 e. The Kier molecular flexibility index (Phi) is 2.97. The second kappa shape index (κ2) is 4.00. The third kappa shape index (κ3) is 1.52. The van der Waals surface area contributed by atoms with Crippen molar-refractivity contribution in [1.29, 1.82) is 0 Å². The van der Waals surface area contributed by atoms with Crippen molar-refractivity contribution in [2.45, 2.75) is 26.9 Å². The van der Waals surface area contributed by atoms with E-state index in [4.69, 9.17) is 0 Å². The fourth-order valence-corrected chi connectivity index (χ4v) is 1.28. The Morgan fingerprint density at radius 2 is 2.08 bits per heavy atom. The quantitative estimate of drug-likeness (QED) is 0.590. The summed E-state index contributed by atoms with van der Waals surface area (Å²) >= 11 is 0. The Morgan fingerprint density at radius 3 is 2.75 bits per heavy atom. The van der Waals surface area contributed by atoms with Gasteiger partial charge < -0.3 is 10.2 Å². The molecule has 0 fully saturated rings. The molecule has 0 bridgehead atoms. The summed E-state index contributed by atoms with van der Waals surface area (Å²) in [6.07, 6.45) is 10.6. The fraction of sp³-hybridized carbons (Fsp3) is 0.400. The summed E-state index contributed by atoms with van der Waals surface area (Å²) < 4.78 is 0. The molecule has 2 aliphatic rings. The lowest BCUT2D eigenvalue weighted by atomic mass is 10.2. The summed E-state index contributed by atoms with van der Waals surface area (Å²) in [6.45, 7) is 6.13. The molecule has 0 spiro atoms. The number of hydrogen-bond acceptors (Lipinski definition) is 2. The third-order valence-electron chi connectivity index (χ3n) is 1.85. The summed E-state index contributed by atoms with van der Waals surface area (Å²) in [6, 6.07) is 0. The van der Waals surface area contributed by atoms with Crippen LogP contribution in [0.3, 0.4) is 0 Å². The van der Waals surface area contributed by atoms with Crippen molar-refractivity contribution in [3.63, 3.8) is 0 Å². The van der Waals surface area contributed by atoms with Gasteiger partial charge in [-0.25, -0.2) is 0 Å². The zero-order valence-corrected chi connectivity index (χ0v) is 7.91. The average molecular weight is 164 g/mol. The van der Waals surface area contributed by atoms with Crippen LogP contribution in [0.1, 0.15) is 20.8 Å². The van der Waals surface area contributed by atoms with Crippen LogP contribution in [0, 0.1) is 0 Å². The lowest BCUT2D eigenvalue weighted by Gasteiger charge is -2.25. The summed E-state index contributed by atoms with van der Waals surface area (Å²) in [5.41, 5.74) is 1.35. The van der Waals surface area contributed by atoms with Crippen LogP contribution in [0.4, 0.5) is 0 Å². The second-order valence-electron chi connectivity index (χ2n) is 2.58. The molecule has 1 atom stereocenters. The highest BCUT2D eigenvalue weighted by molar-refractivity contribution is 5.25. The van der Waals surface area contributed by atoms with Gasteiger partial charge in [-0.15, -0.1) is 0 Å². The molecule has 0 saturated carbocycles. The van der Waals surface area contributed by atoms with Crippen LogP contribution in [0.25, 0.3) is 0 Å². The van der Waals surface area contributed by atoms with Crippen molar-refractivity contribution < 1.29 is 0 Å². The molecule has 2 aliphatic heterocycles. The molecule has 0 saturated heterocycles. The summed E-state index contributed by atoms with van der Waals surface area (Å²) in [5, 5.41) is 3.23. The maximum Gasteiger partial charge on any atom is 0.125 e. The molecule has 12 heavy (non-hydrogen) atoms. The predicted octanol–water partition coefficient (Wildman–Crippen LogP) is 2.19. The lowest BCUT2D eigenvalue weighted by Crippen LogP contribution is -2.34. The van der Waals surface area contributed by atoms with Crippen LogP contribution in [-0.4, -0.2) is 11.1 Å². The van der Waals surface area contributed by atoms with Gasteiger partial charge in [0, 0.05) is 18.6 Å². The molecule has 2 heterocycles. The van der Waals surface area contributed by atoms with E-state index in [1.165, 1.54) is 5.57 Å². The minimum Gasteiger partial charge on any atom is -0.366 e. The van der Waals surface area contributed by atoms with E-state index in [1.807, 2.05) is 26.2 Å². The van der Waals surface area contributed by atoms with E-state index in [2.05, 4.69) is 35.5 Å². The van der Waals surface area contributed by atoms with Crippen molar-refractivity contribution >= 4 is 0 Å². The number of rotatable bonds is 0. The molecular weight excluding hydrogens is 148 g/mol. The van der Waals surface area contributed by atoms with Crippen LogP contribution in [0.2, 0.25) is 0 Å². The second-order valence-corrected chi connectivity index (χ2v) is 2.58. The first-order valence-electron chi connectivity index (χ1n) is 4.43. The van der Waals surface area contributed by atoms with E-state index < -0.39 is 0 Å². The number of nitrogens with one attached hydrogen (secondary N) is 1. The summed E-state index contributed by atoms with van der Waals surface area (Å²) in [5.74, 6) is 0. The number of fused-ring (bicyclic) bond motifs is 1. The maximum atomic E-state index is 3.23. The van der Waals surface area contributed by atoms with Gasteiger partial charge in [0.15, 0.2) is 0 Å². The third-order valence-corrected chi connectivity index (χ3v) is 1.85. The van der Waals surface area contributed by atoms with Gasteiger partial charge >= 0.3 is 0 Å². The maximum absolute atomic E-state index is 3.23. The minimum absolute atomic E-state index is 0.380. The molecule has 2 nitrogen and oxygen atoms in total. The van der Waals surface area contributed by atoms with Crippen LogP contribution in [0.5, 0.6) is 0 Å². The van der Waals surface area contributed by atoms with E-state index in [0.717, 1.165) is 0 Å². The SMILES string of the molecule is CC.CC1=CC=CN2C=CNC12. The van der Waals surface area contributed by atoms with Crippen molar-refractivity contribution in [1.82, 2.24) is 10.2 Å². The number of nitrogens with zero attached hydrogens (tertiary/aromatic N) is 1. The average Bonchev–Trinajstić information content (AvgIpc) is 2.57. The molecule has 2 heteroatoms. The normalized spacial score (nSPS) is 23.8. The van der Waals surface area contributed by atoms with Gasteiger partial charge in [0.05, 0.1) is 0 Å². The van der Waals surface area contributed by atoms with E-state index in [-0.39, 0.29) is 0 Å². The molecule has 0 aromatic carbocycles. The van der Waals surface area contributed by atoms with Crippen molar-refractivity contribution in [2.75, 3.05) is 0 Å². The van der Waals surface area contributed by atoms with Gasteiger partial charge in [0.2, 0.25) is 0 Å². The van der Waals surface area contributed by atoms with Crippen LogP contribution in [0.15, 0.2) is 36.3 Å². The van der Waals surface area contributed by atoms with E-state index >= 15 is 0 Å². The van der Waals surface area contributed by atoms with Crippen LogP contribution < -0.4 is 5.32 Å². The van der Waals surface area contributed by atoms with Gasteiger partial charge in [-0.1, -0.05) is 19.9 Å². The van der Waals surface area contributed by atoms with E-state index in [0.29, 0.717) is 6.17 Å². The van der Waals surface area contributed by atoms with E-state index in [9.17, 15) is 0 Å². The fourth-order valence-electron chi connectivity index (χ4n) is 1.28. The van der Waals surface area contributed by atoms with E-state index in [1.54, 1.807) is 0 Å². The molecule has 0 aromatic rings. The largest absolute Gasteiger partial charge is 0.366 e. The Morgan fingerprint density at radius 1 is 1.33 bits per heavy atom. The molecule has 1 unspecified atom stereocenters. The molecule has 66 valence electrons. The Balaban J connectivity index is 0.000000336. The Bertz CT molecular complexity index is 226. The molecule has 2 rings (SSSR count). The molecule has 0 aromatic heterocycles. The topological polar surface area (TPSA) is 15.3 Å². The highest BCUT2D eigenvalue weighted by Crippen LogP contribution is 2.17. The van der Waals surface area contributed by atoms with Crippen LogP contribution in [-0.2, 0) is 0 Å². The summed E-state index contributed by atoms with van der Waals surface area (Å²) in [7, 11) is 0. The minimum atomic E-state index is 0.380. The first kappa shape index (κ1) is 8.91. The van der Waals surface area contributed by atoms with Gasteiger partial charge in [-0.3, -0.25) is 0 Å². The highest BCUT2D eigenvalue weighted by Gasteiger charge is 2.18. The Hall–Kier alpha value is -1.18. The van der Waals surface area contributed by atoms with Gasteiger partial charge in [-0.05, 0) is 18.6 Å². The number of allylic oxidation sites excluding steroid dienone is 2. The van der Waals surface area contributed by atoms with Gasteiger partial charge in [0.1, 0.15) is 6.17 Å². The monoisotopic (exact) mass is 164 g/mol. The van der Waals surface area contributed by atoms with Crippen molar-refractivity contribution in [2.24, 2.45) is 0 Å². The molecular formula is C10H16N2. The number of hydrogen-bond donors (Lipinski definition) is 1.